The van der Waals surface area contributed by atoms with E-state index in [-0.39, 0.29) is 24.8 Å². The Bertz CT molecular complexity index is 1680. The zero-order valence-corrected chi connectivity index (χ0v) is 27.7. The third-order valence-electron chi connectivity index (χ3n) is 7.61. The Morgan fingerprint density at radius 3 is 1.98 bits per heavy atom. The van der Waals surface area contributed by atoms with Crippen molar-refractivity contribution in [1.29, 1.82) is 0 Å². The first-order valence-electron chi connectivity index (χ1n) is 15.4. The molecule has 0 heterocycles. The number of sulfonamides is 1. The van der Waals surface area contributed by atoms with E-state index in [1.165, 1.54) is 4.90 Å². The summed E-state index contributed by atoms with van der Waals surface area (Å²) in [6, 6.07) is 32.7. The molecule has 0 fully saturated rings. The maximum Gasteiger partial charge on any atom is 0.244 e. The Morgan fingerprint density at radius 2 is 1.39 bits per heavy atom. The number of carbonyl (C=O) groups excluding carboxylic acids is 2. The van der Waals surface area contributed by atoms with Gasteiger partial charge in [-0.2, -0.15) is 0 Å². The molecule has 0 radical (unpaired) electrons. The molecule has 0 aliphatic rings. The fraction of sp³-hybridized carbons (Fsp3) is 0.297. The minimum atomic E-state index is -3.88. The lowest BCUT2D eigenvalue weighted by Crippen LogP contribution is -2.53. The molecule has 0 spiro atoms. The number of rotatable bonds is 15. The highest BCUT2D eigenvalue weighted by molar-refractivity contribution is 7.92. The molecule has 1 N–H and O–H groups in total. The molecule has 242 valence electrons. The first-order chi connectivity index (χ1) is 22.0. The van der Waals surface area contributed by atoms with Crippen molar-refractivity contribution < 1.29 is 22.7 Å². The van der Waals surface area contributed by atoms with Crippen LogP contribution in [0.1, 0.15) is 36.1 Å². The lowest BCUT2D eigenvalue weighted by Gasteiger charge is -2.34. The van der Waals surface area contributed by atoms with Crippen LogP contribution in [0.2, 0.25) is 0 Å². The Morgan fingerprint density at radius 1 is 0.804 bits per heavy atom. The number of aryl methyl sites for hydroxylation is 1. The van der Waals surface area contributed by atoms with Gasteiger partial charge in [0.2, 0.25) is 21.8 Å². The maximum atomic E-state index is 14.3. The average molecular weight is 642 g/mol. The number of hydrogen-bond donors (Lipinski definition) is 1. The van der Waals surface area contributed by atoms with E-state index < -0.39 is 28.5 Å². The van der Waals surface area contributed by atoms with E-state index in [1.54, 1.807) is 24.3 Å². The standard InChI is InChI=1S/C37H43N3O5S/c1-28(2)24-38-37(42)35(23-30-14-7-5-8-15-30)39(25-32-18-12-11-13-29(32)3)36(41)26-40(46(4,43)44)33-19-21-34(22-20-33)45-27-31-16-9-6-10-17-31/h5-22,28,35H,23-27H2,1-4H3,(H,38,42). The summed E-state index contributed by atoms with van der Waals surface area (Å²) in [6.07, 6.45) is 1.34. The molecule has 46 heavy (non-hydrogen) atoms. The van der Waals surface area contributed by atoms with Gasteiger partial charge < -0.3 is 15.0 Å². The zero-order chi connectivity index (χ0) is 33.1. The molecule has 4 rings (SSSR count). The van der Waals surface area contributed by atoms with E-state index in [9.17, 15) is 18.0 Å². The number of amides is 2. The summed E-state index contributed by atoms with van der Waals surface area (Å²) in [5.41, 5.74) is 4.05. The minimum absolute atomic E-state index is 0.141. The molecular weight excluding hydrogens is 598 g/mol. The molecule has 0 aliphatic carbocycles. The molecule has 0 bridgehead atoms. The summed E-state index contributed by atoms with van der Waals surface area (Å²) < 4.78 is 33.2. The van der Waals surface area contributed by atoms with Gasteiger partial charge in [-0.05, 0) is 59.4 Å². The van der Waals surface area contributed by atoms with Crippen LogP contribution in [0, 0.1) is 12.8 Å². The maximum absolute atomic E-state index is 14.3. The van der Waals surface area contributed by atoms with Crippen molar-refractivity contribution in [2.45, 2.75) is 46.4 Å². The SMILES string of the molecule is Cc1ccccc1CN(C(=O)CN(c1ccc(OCc2ccccc2)cc1)S(C)(=O)=O)C(Cc1ccccc1)C(=O)NCC(C)C. The Kier molecular flexibility index (Phi) is 12.0. The molecule has 1 unspecified atom stereocenters. The van der Waals surface area contributed by atoms with E-state index in [1.807, 2.05) is 106 Å². The van der Waals surface area contributed by atoms with Gasteiger partial charge in [-0.25, -0.2) is 8.42 Å². The van der Waals surface area contributed by atoms with Crippen molar-refractivity contribution in [3.63, 3.8) is 0 Å². The van der Waals surface area contributed by atoms with E-state index in [2.05, 4.69) is 5.32 Å². The number of nitrogens with one attached hydrogen (secondary N) is 1. The number of hydrogen-bond acceptors (Lipinski definition) is 5. The summed E-state index contributed by atoms with van der Waals surface area (Å²) in [5, 5.41) is 3.00. The Balaban J connectivity index is 1.64. The van der Waals surface area contributed by atoms with E-state index in [0.717, 1.165) is 32.8 Å². The highest BCUT2D eigenvalue weighted by atomic mass is 32.2. The van der Waals surface area contributed by atoms with Crippen molar-refractivity contribution >= 4 is 27.5 Å². The molecule has 4 aromatic carbocycles. The van der Waals surface area contributed by atoms with Crippen LogP contribution in [0.5, 0.6) is 5.75 Å². The Hall–Kier alpha value is -4.63. The van der Waals surface area contributed by atoms with Crippen LogP contribution in [-0.4, -0.2) is 50.5 Å². The van der Waals surface area contributed by atoms with Crippen LogP contribution < -0.4 is 14.4 Å². The topological polar surface area (TPSA) is 96.0 Å². The molecule has 0 saturated heterocycles. The van der Waals surface area contributed by atoms with E-state index in [4.69, 9.17) is 4.74 Å². The first kappa shape index (κ1) is 34.2. The number of benzene rings is 4. The molecule has 9 heteroatoms. The highest BCUT2D eigenvalue weighted by Crippen LogP contribution is 2.24. The number of ether oxygens (including phenoxy) is 1. The van der Waals surface area contributed by atoms with Crippen LogP contribution in [0.4, 0.5) is 5.69 Å². The normalized spacial score (nSPS) is 11.9. The van der Waals surface area contributed by atoms with Crippen LogP contribution >= 0.6 is 0 Å². The van der Waals surface area contributed by atoms with Crippen molar-refractivity contribution in [2.75, 3.05) is 23.7 Å². The second-order valence-corrected chi connectivity index (χ2v) is 13.7. The summed E-state index contributed by atoms with van der Waals surface area (Å²) in [7, 11) is -3.88. The molecule has 0 aliphatic heterocycles. The van der Waals surface area contributed by atoms with Crippen molar-refractivity contribution in [1.82, 2.24) is 10.2 Å². The van der Waals surface area contributed by atoms with Crippen LogP contribution in [0.25, 0.3) is 0 Å². The summed E-state index contributed by atoms with van der Waals surface area (Å²) in [6.45, 7) is 6.44. The second-order valence-electron chi connectivity index (χ2n) is 11.8. The highest BCUT2D eigenvalue weighted by Gasteiger charge is 2.33. The lowest BCUT2D eigenvalue weighted by molar-refractivity contribution is -0.140. The first-order valence-corrected chi connectivity index (χ1v) is 17.3. The third-order valence-corrected chi connectivity index (χ3v) is 8.75. The molecule has 4 aromatic rings. The third kappa shape index (κ3) is 9.94. The number of nitrogens with zero attached hydrogens (tertiary/aromatic N) is 2. The van der Waals surface area contributed by atoms with Gasteiger partial charge in [0.15, 0.2) is 0 Å². The largest absolute Gasteiger partial charge is 0.489 e. The van der Waals surface area contributed by atoms with Gasteiger partial charge in [-0.1, -0.05) is 98.8 Å². The molecule has 0 saturated carbocycles. The number of anilines is 1. The molecule has 0 aromatic heterocycles. The lowest BCUT2D eigenvalue weighted by atomic mass is 10.0. The summed E-state index contributed by atoms with van der Waals surface area (Å²) >= 11 is 0. The van der Waals surface area contributed by atoms with Gasteiger partial charge in [-0.15, -0.1) is 0 Å². The minimum Gasteiger partial charge on any atom is -0.489 e. The summed E-state index contributed by atoms with van der Waals surface area (Å²) in [5.74, 6) is 0.00421. The van der Waals surface area contributed by atoms with Crippen molar-refractivity contribution in [2.24, 2.45) is 5.92 Å². The van der Waals surface area contributed by atoms with Gasteiger partial charge >= 0.3 is 0 Å². The molecule has 2 amide bonds. The van der Waals surface area contributed by atoms with E-state index in [0.29, 0.717) is 24.6 Å². The quantitative estimate of drug-likeness (QED) is 0.178. The second kappa shape index (κ2) is 16.1. The molecule has 1 atom stereocenters. The average Bonchev–Trinajstić information content (AvgIpc) is 3.04. The van der Waals surface area contributed by atoms with E-state index >= 15 is 0 Å². The van der Waals surface area contributed by atoms with Gasteiger partial charge in [0.05, 0.1) is 11.9 Å². The smallest absolute Gasteiger partial charge is 0.244 e. The van der Waals surface area contributed by atoms with Crippen LogP contribution in [0.3, 0.4) is 0 Å². The molecular formula is C37H43N3O5S. The summed E-state index contributed by atoms with van der Waals surface area (Å²) in [4.78, 5) is 29.6. The van der Waals surface area contributed by atoms with Crippen LogP contribution in [0.15, 0.2) is 109 Å². The Labute approximate surface area is 273 Å². The zero-order valence-electron chi connectivity index (χ0n) is 26.9. The van der Waals surface area contributed by atoms with Gasteiger partial charge in [0, 0.05) is 19.5 Å². The predicted octanol–water partition coefficient (Wildman–Crippen LogP) is 5.75. The van der Waals surface area contributed by atoms with Crippen LogP contribution in [-0.2, 0) is 39.2 Å². The monoisotopic (exact) mass is 641 g/mol. The van der Waals surface area contributed by atoms with Gasteiger partial charge in [-0.3, -0.25) is 13.9 Å². The fourth-order valence-electron chi connectivity index (χ4n) is 5.01. The van der Waals surface area contributed by atoms with Crippen molar-refractivity contribution in [3.05, 3.63) is 131 Å². The molecule has 8 nitrogen and oxygen atoms in total. The fourth-order valence-corrected chi connectivity index (χ4v) is 5.86. The number of carbonyl (C=O) groups is 2. The van der Waals surface area contributed by atoms with Gasteiger partial charge in [0.1, 0.15) is 24.9 Å². The van der Waals surface area contributed by atoms with Crippen molar-refractivity contribution in [3.8, 4) is 5.75 Å². The van der Waals surface area contributed by atoms with Gasteiger partial charge in [0.25, 0.3) is 0 Å². The predicted molar refractivity (Wildman–Crippen MR) is 183 cm³/mol.